The fraction of sp³-hybridized carbons (Fsp3) is 0.353. The van der Waals surface area contributed by atoms with Crippen LogP contribution in [-0.2, 0) is 11.3 Å². The van der Waals surface area contributed by atoms with E-state index in [1.165, 1.54) is 12.1 Å². The standard InChI is InChI=1S/C17H18F3N5O3/c18-17(19,20)28-14-3-1-12(2-4-14)24-16(26)22-11-13-5-6-21-15(23-13)25-7-9-27-10-8-25/h1-6H,7-11H2,(H2,22,24,26). The molecule has 0 bridgehead atoms. The van der Waals surface area contributed by atoms with Crippen LogP contribution in [0.3, 0.4) is 0 Å². The van der Waals surface area contributed by atoms with Crippen molar-refractivity contribution in [3.05, 3.63) is 42.2 Å². The number of alkyl halides is 3. The van der Waals surface area contributed by atoms with Gasteiger partial charge in [0.15, 0.2) is 0 Å². The molecule has 0 atom stereocenters. The lowest BCUT2D eigenvalue weighted by molar-refractivity contribution is -0.274. The summed E-state index contributed by atoms with van der Waals surface area (Å²) in [5.74, 6) is 0.207. The Morgan fingerprint density at radius 1 is 1.18 bits per heavy atom. The number of carbonyl (C=O) groups is 1. The minimum absolute atomic E-state index is 0.168. The number of hydrogen-bond acceptors (Lipinski definition) is 6. The van der Waals surface area contributed by atoms with Crippen molar-refractivity contribution in [3.63, 3.8) is 0 Å². The predicted molar refractivity (Wildman–Crippen MR) is 94.0 cm³/mol. The second-order valence-corrected chi connectivity index (χ2v) is 5.83. The molecule has 1 aromatic carbocycles. The summed E-state index contributed by atoms with van der Waals surface area (Å²) in [6, 6.07) is 6.01. The summed E-state index contributed by atoms with van der Waals surface area (Å²) in [6.07, 6.45) is -3.14. The molecule has 1 saturated heterocycles. The van der Waals surface area contributed by atoms with Gasteiger partial charge in [0.2, 0.25) is 5.95 Å². The molecule has 1 aliphatic heterocycles. The number of morpholine rings is 1. The van der Waals surface area contributed by atoms with Crippen LogP contribution in [0.15, 0.2) is 36.5 Å². The molecule has 2 N–H and O–H groups in total. The van der Waals surface area contributed by atoms with Crippen LogP contribution in [0.4, 0.5) is 29.6 Å². The lowest BCUT2D eigenvalue weighted by Crippen LogP contribution is -2.37. The van der Waals surface area contributed by atoms with Gasteiger partial charge in [0.25, 0.3) is 0 Å². The number of rotatable bonds is 5. The number of benzene rings is 1. The van der Waals surface area contributed by atoms with Crippen molar-refractivity contribution >= 4 is 17.7 Å². The van der Waals surface area contributed by atoms with Gasteiger partial charge in [-0.05, 0) is 30.3 Å². The Bertz CT molecular complexity index is 795. The summed E-state index contributed by atoms with van der Waals surface area (Å²) >= 11 is 0. The van der Waals surface area contributed by atoms with Gasteiger partial charge >= 0.3 is 12.4 Å². The van der Waals surface area contributed by atoms with E-state index in [1.54, 1.807) is 12.3 Å². The molecule has 0 aliphatic carbocycles. The van der Waals surface area contributed by atoms with Crippen LogP contribution in [-0.4, -0.2) is 48.7 Å². The number of urea groups is 1. The molecule has 28 heavy (non-hydrogen) atoms. The maximum absolute atomic E-state index is 12.1. The van der Waals surface area contributed by atoms with Crippen molar-refractivity contribution in [2.45, 2.75) is 12.9 Å². The summed E-state index contributed by atoms with van der Waals surface area (Å²) in [4.78, 5) is 22.6. The monoisotopic (exact) mass is 397 g/mol. The fourth-order valence-corrected chi connectivity index (χ4v) is 2.48. The van der Waals surface area contributed by atoms with E-state index in [-0.39, 0.29) is 12.3 Å². The van der Waals surface area contributed by atoms with Crippen molar-refractivity contribution < 1.29 is 27.4 Å². The molecule has 0 saturated carbocycles. The highest BCUT2D eigenvalue weighted by Crippen LogP contribution is 2.23. The molecule has 150 valence electrons. The summed E-state index contributed by atoms with van der Waals surface area (Å²) in [5.41, 5.74) is 0.948. The van der Waals surface area contributed by atoms with Gasteiger partial charge in [0, 0.05) is 25.0 Å². The van der Waals surface area contributed by atoms with Gasteiger partial charge in [0.05, 0.1) is 25.5 Å². The average Bonchev–Trinajstić information content (AvgIpc) is 2.68. The molecule has 1 aliphatic rings. The molecular formula is C17H18F3N5O3. The third-order valence-corrected chi connectivity index (χ3v) is 3.77. The summed E-state index contributed by atoms with van der Waals surface area (Å²) in [7, 11) is 0. The topological polar surface area (TPSA) is 88.6 Å². The van der Waals surface area contributed by atoms with Gasteiger partial charge in [-0.15, -0.1) is 13.2 Å². The molecule has 11 heteroatoms. The van der Waals surface area contributed by atoms with E-state index in [0.29, 0.717) is 43.6 Å². The molecule has 2 amide bonds. The molecule has 0 radical (unpaired) electrons. The summed E-state index contributed by atoms with van der Waals surface area (Å²) in [5, 5.41) is 5.16. The van der Waals surface area contributed by atoms with Gasteiger partial charge in [-0.25, -0.2) is 14.8 Å². The number of amides is 2. The molecule has 2 heterocycles. The lowest BCUT2D eigenvalue weighted by atomic mass is 10.3. The molecule has 1 aromatic heterocycles. The second-order valence-electron chi connectivity index (χ2n) is 5.83. The highest BCUT2D eigenvalue weighted by molar-refractivity contribution is 5.89. The van der Waals surface area contributed by atoms with Crippen LogP contribution in [0.25, 0.3) is 0 Å². The summed E-state index contributed by atoms with van der Waals surface area (Å²) in [6.45, 7) is 2.79. The molecular weight excluding hydrogens is 379 g/mol. The first-order valence-electron chi connectivity index (χ1n) is 8.44. The molecule has 0 spiro atoms. The van der Waals surface area contributed by atoms with Gasteiger partial charge < -0.3 is 25.0 Å². The number of carbonyl (C=O) groups excluding carboxylic acids is 1. The number of nitrogens with zero attached hydrogens (tertiary/aromatic N) is 3. The van der Waals surface area contributed by atoms with Crippen LogP contribution < -0.4 is 20.3 Å². The van der Waals surface area contributed by atoms with E-state index in [9.17, 15) is 18.0 Å². The molecule has 0 unspecified atom stereocenters. The lowest BCUT2D eigenvalue weighted by Gasteiger charge is -2.26. The van der Waals surface area contributed by atoms with E-state index in [4.69, 9.17) is 4.74 Å². The molecule has 8 nitrogen and oxygen atoms in total. The Morgan fingerprint density at radius 3 is 2.57 bits per heavy atom. The van der Waals surface area contributed by atoms with E-state index in [1.807, 2.05) is 4.90 Å². The summed E-state index contributed by atoms with van der Waals surface area (Å²) < 4.78 is 45.5. The normalized spacial score (nSPS) is 14.5. The van der Waals surface area contributed by atoms with Gasteiger partial charge in [-0.1, -0.05) is 0 Å². The molecule has 2 aromatic rings. The average molecular weight is 397 g/mol. The first-order valence-corrected chi connectivity index (χ1v) is 8.44. The fourth-order valence-electron chi connectivity index (χ4n) is 2.48. The van der Waals surface area contributed by atoms with Crippen LogP contribution in [0.5, 0.6) is 5.75 Å². The Kier molecular flexibility index (Phi) is 6.14. The molecule has 3 rings (SSSR count). The predicted octanol–water partition coefficient (Wildman–Crippen LogP) is 2.53. The Morgan fingerprint density at radius 2 is 1.89 bits per heavy atom. The Hall–Kier alpha value is -3.08. The third-order valence-electron chi connectivity index (χ3n) is 3.77. The number of aromatic nitrogens is 2. The maximum Gasteiger partial charge on any atom is 0.573 e. The van der Waals surface area contributed by atoms with E-state index >= 15 is 0 Å². The zero-order chi connectivity index (χ0) is 20.0. The Balaban J connectivity index is 1.50. The van der Waals surface area contributed by atoms with E-state index in [0.717, 1.165) is 12.1 Å². The van der Waals surface area contributed by atoms with Crippen molar-refractivity contribution in [3.8, 4) is 5.75 Å². The first kappa shape index (κ1) is 19.7. The largest absolute Gasteiger partial charge is 0.573 e. The maximum atomic E-state index is 12.1. The highest BCUT2D eigenvalue weighted by atomic mass is 19.4. The smallest absolute Gasteiger partial charge is 0.406 e. The Labute approximate surface area is 158 Å². The van der Waals surface area contributed by atoms with Crippen LogP contribution in [0, 0.1) is 0 Å². The van der Waals surface area contributed by atoms with Crippen LogP contribution >= 0.6 is 0 Å². The number of halogens is 3. The zero-order valence-electron chi connectivity index (χ0n) is 14.7. The van der Waals surface area contributed by atoms with Crippen LogP contribution in [0.2, 0.25) is 0 Å². The van der Waals surface area contributed by atoms with Crippen molar-refractivity contribution in [2.24, 2.45) is 0 Å². The van der Waals surface area contributed by atoms with Gasteiger partial charge in [0.1, 0.15) is 5.75 Å². The van der Waals surface area contributed by atoms with E-state index in [2.05, 4.69) is 25.3 Å². The number of anilines is 2. The minimum Gasteiger partial charge on any atom is -0.406 e. The minimum atomic E-state index is -4.76. The number of hydrogen-bond donors (Lipinski definition) is 2. The van der Waals surface area contributed by atoms with Crippen molar-refractivity contribution in [1.82, 2.24) is 15.3 Å². The highest BCUT2D eigenvalue weighted by Gasteiger charge is 2.30. The van der Waals surface area contributed by atoms with Gasteiger partial charge in [-0.3, -0.25) is 0 Å². The SMILES string of the molecule is O=C(NCc1ccnc(N2CCOCC2)n1)Nc1ccc(OC(F)(F)F)cc1. The van der Waals surface area contributed by atoms with Crippen LogP contribution in [0.1, 0.15) is 5.69 Å². The van der Waals surface area contributed by atoms with E-state index < -0.39 is 12.4 Å². The number of nitrogens with one attached hydrogen (secondary N) is 2. The van der Waals surface area contributed by atoms with Gasteiger partial charge in [-0.2, -0.15) is 0 Å². The third kappa shape index (κ3) is 5.98. The second kappa shape index (κ2) is 8.74. The molecule has 1 fully saturated rings. The quantitative estimate of drug-likeness (QED) is 0.806. The zero-order valence-corrected chi connectivity index (χ0v) is 14.7. The van der Waals surface area contributed by atoms with Crippen molar-refractivity contribution in [1.29, 1.82) is 0 Å². The number of ether oxygens (including phenoxy) is 2. The van der Waals surface area contributed by atoms with Crippen molar-refractivity contribution in [2.75, 3.05) is 36.5 Å². The first-order chi connectivity index (χ1) is 13.4.